The molecule has 3 heterocycles. The van der Waals surface area contributed by atoms with Gasteiger partial charge in [-0.05, 0) is 31.2 Å². The van der Waals surface area contributed by atoms with E-state index < -0.39 is 0 Å². The molecule has 33 heavy (non-hydrogen) atoms. The lowest BCUT2D eigenvalue weighted by atomic mass is 10.1. The average molecular weight is 478 g/mol. The second-order valence-electron chi connectivity index (χ2n) is 7.99. The molecule has 1 aliphatic heterocycles. The molecular weight excluding hydrogens is 454 g/mol. The number of benzene rings is 2. The smallest absolute Gasteiger partial charge is 0.267 e. The Balaban J connectivity index is 1.63. The molecule has 0 atom stereocenters. The fraction of sp³-hybridized carbons (Fsp3) is 0.240. The molecule has 0 saturated carbocycles. The lowest BCUT2D eigenvalue weighted by Gasteiger charge is -2.21. The first-order valence-corrected chi connectivity index (χ1v) is 12.5. The maximum absolute atomic E-state index is 13.9. The molecule has 6 nitrogen and oxygen atoms in total. The molecule has 0 amide bonds. The molecule has 168 valence electrons. The Bertz CT molecular complexity index is 1400. The van der Waals surface area contributed by atoms with Crippen LogP contribution in [0.25, 0.3) is 15.9 Å². The van der Waals surface area contributed by atoms with E-state index >= 15 is 0 Å². The van der Waals surface area contributed by atoms with Crippen LogP contribution in [0.1, 0.15) is 20.8 Å². The van der Waals surface area contributed by atoms with Gasteiger partial charge in [-0.15, -0.1) is 11.3 Å². The van der Waals surface area contributed by atoms with Crippen molar-refractivity contribution >= 4 is 39.1 Å². The maximum Gasteiger partial charge on any atom is 0.267 e. The van der Waals surface area contributed by atoms with Crippen molar-refractivity contribution in [2.24, 2.45) is 0 Å². The lowest BCUT2D eigenvalue weighted by Crippen LogP contribution is -2.27. The van der Waals surface area contributed by atoms with Gasteiger partial charge in [0.15, 0.2) is 10.9 Å². The van der Waals surface area contributed by atoms with Gasteiger partial charge in [-0.25, -0.2) is 4.98 Å². The van der Waals surface area contributed by atoms with Crippen molar-refractivity contribution < 1.29 is 9.53 Å². The molecular formula is C25H23N3O3S2. The first kappa shape index (κ1) is 21.9. The normalized spacial score (nSPS) is 13.8. The first-order chi connectivity index (χ1) is 16.0. The van der Waals surface area contributed by atoms with Gasteiger partial charge >= 0.3 is 0 Å². The summed E-state index contributed by atoms with van der Waals surface area (Å²) in [5.74, 6) is 0.851. The number of ketones is 1. The highest BCUT2D eigenvalue weighted by molar-refractivity contribution is 7.99. The highest BCUT2D eigenvalue weighted by atomic mass is 32.2. The Morgan fingerprint density at radius 3 is 2.79 bits per heavy atom. The molecule has 0 unspecified atom stereocenters. The van der Waals surface area contributed by atoms with Crippen LogP contribution in [0, 0.1) is 0 Å². The third-order valence-electron chi connectivity index (χ3n) is 5.77. The van der Waals surface area contributed by atoms with Gasteiger partial charge in [0, 0.05) is 29.6 Å². The molecule has 0 fully saturated rings. The van der Waals surface area contributed by atoms with Crippen molar-refractivity contribution in [1.29, 1.82) is 0 Å². The van der Waals surface area contributed by atoms with Crippen LogP contribution in [0.5, 0.6) is 5.75 Å². The van der Waals surface area contributed by atoms with Crippen molar-refractivity contribution in [3.8, 4) is 11.4 Å². The first-order valence-electron chi connectivity index (χ1n) is 10.7. The molecule has 5 rings (SSSR count). The number of aromatic nitrogens is 2. The summed E-state index contributed by atoms with van der Waals surface area (Å²) >= 11 is 2.88. The molecule has 8 heteroatoms. The van der Waals surface area contributed by atoms with E-state index in [9.17, 15) is 9.59 Å². The predicted molar refractivity (Wildman–Crippen MR) is 133 cm³/mol. The van der Waals surface area contributed by atoms with Gasteiger partial charge in [-0.2, -0.15) is 0 Å². The molecule has 1 aliphatic rings. The van der Waals surface area contributed by atoms with Crippen molar-refractivity contribution in [2.45, 2.75) is 18.1 Å². The Hall–Kier alpha value is -2.94. The molecule has 0 radical (unpaired) electrons. The molecule has 0 aliphatic carbocycles. The average Bonchev–Trinajstić information content (AvgIpc) is 3.20. The van der Waals surface area contributed by atoms with Crippen molar-refractivity contribution in [3.63, 3.8) is 0 Å². The van der Waals surface area contributed by atoms with Crippen LogP contribution in [-0.2, 0) is 13.0 Å². The summed E-state index contributed by atoms with van der Waals surface area (Å²) in [7, 11) is 3.69. The van der Waals surface area contributed by atoms with E-state index in [1.165, 1.54) is 16.6 Å². The number of thioether (sulfide) groups is 1. The second kappa shape index (κ2) is 9.13. The monoisotopic (exact) mass is 477 g/mol. The number of nitrogens with zero attached hydrogens (tertiary/aromatic N) is 3. The number of hydrogen-bond donors (Lipinski definition) is 0. The minimum atomic E-state index is -0.0926. The quantitative estimate of drug-likeness (QED) is 0.233. The molecule has 0 spiro atoms. The summed E-state index contributed by atoms with van der Waals surface area (Å²) in [5, 5.41) is 1.21. The van der Waals surface area contributed by atoms with Gasteiger partial charge in [-0.3, -0.25) is 14.2 Å². The zero-order valence-corrected chi connectivity index (χ0v) is 20.0. The minimum absolute atomic E-state index is 0.000706. The molecule has 2 aromatic carbocycles. The fourth-order valence-electron chi connectivity index (χ4n) is 4.06. The van der Waals surface area contributed by atoms with E-state index in [0.717, 1.165) is 29.9 Å². The molecule has 4 aromatic rings. The number of methoxy groups -OCH3 is 1. The van der Waals surface area contributed by atoms with E-state index in [1.54, 1.807) is 35.1 Å². The van der Waals surface area contributed by atoms with Gasteiger partial charge in [0.25, 0.3) is 5.56 Å². The number of Topliss-reactive ketones (excluding diaryl/α,β-unsaturated/α-hetero) is 1. The zero-order chi connectivity index (χ0) is 22.9. The number of rotatable bonds is 6. The third-order valence-corrected chi connectivity index (χ3v) is 7.82. The summed E-state index contributed by atoms with van der Waals surface area (Å²) in [4.78, 5) is 35.7. The van der Waals surface area contributed by atoms with Gasteiger partial charge < -0.3 is 9.64 Å². The molecule has 0 saturated heterocycles. The van der Waals surface area contributed by atoms with Crippen molar-refractivity contribution in [2.75, 3.05) is 26.5 Å². The van der Waals surface area contributed by atoms with E-state index in [2.05, 4.69) is 11.9 Å². The van der Waals surface area contributed by atoms with Crippen LogP contribution < -0.4 is 10.3 Å². The number of carbonyl (C=O) groups is 1. The van der Waals surface area contributed by atoms with Crippen LogP contribution in [-0.4, -0.2) is 46.7 Å². The topological polar surface area (TPSA) is 64.4 Å². The van der Waals surface area contributed by atoms with Gasteiger partial charge in [0.05, 0.1) is 23.9 Å². The Morgan fingerprint density at radius 2 is 2.00 bits per heavy atom. The van der Waals surface area contributed by atoms with E-state index in [4.69, 9.17) is 9.72 Å². The number of carbonyl (C=O) groups excluding carboxylic acids is 1. The largest absolute Gasteiger partial charge is 0.497 e. The number of fused-ring (bicyclic) bond motifs is 3. The molecule has 2 aromatic heterocycles. The van der Waals surface area contributed by atoms with Crippen LogP contribution in [0.3, 0.4) is 0 Å². The van der Waals surface area contributed by atoms with E-state index in [0.29, 0.717) is 27.5 Å². The summed E-state index contributed by atoms with van der Waals surface area (Å²) < 4.78 is 7.01. The number of ether oxygens (including phenoxy) is 1. The SMILES string of the molecule is COc1cccc(-n2c(SCC(=O)c3ccccc3)nc3sc4c(c3c2=O)CCN(C)C4)c1. The Morgan fingerprint density at radius 1 is 1.18 bits per heavy atom. The summed E-state index contributed by atoms with van der Waals surface area (Å²) in [6, 6.07) is 16.6. The fourth-order valence-corrected chi connectivity index (χ4v) is 6.31. The zero-order valence-electron chi connectivity index (χ0n) is 18.4. The van der Waals surface area contributed by atoms with Crippen LogP contribution >= 0.6 is 23.1 Å². The summed E-state index contributed by atoms with van der Waals surface area (Å²) in [5.41, 5.74) is 2.34. The Kier molecular flexibility index (Phi) is 6.05. The molecule has 0 bridgehead atoms. The second-order valence-corrected chi connectivity index (χ2v) is 10.0. The standard InChI is InChI=1S/C25H23N3O3S2/c1-27-12-11-19-21(14-27)33-23-22(19)24(30)28(17-9-6-10-18(13-17)31-2)25(26-23)32-15-20(29)16-7-4-3-5-8-16/h3-10,13H,11-12,14-15H2,1-2H3. The number of hydrogen-bond acceptors (Lipinski definition) is 7. The van der Waals surface area contributed by atoms with E-state index in [-0.39, 0.29) is 17.1 Å². The lowest BCUT2D eigenvalue weighted by molar-refractivity contribution is 0.102. The number of thiophene rings is 1. The van der Waals surface area contributed by atoms with E-state index in [1.807, 2.05) is 42.5 Å². The predicted octanol–water partition coefficient (Wildman–Crippen LogP) is 4.42. The highest BCUT2D eigenvalue weighted by Crippen LogP contribution is 2.34. The van der Waals surface area contributed by atoms with Crippen LogP contribution in [0.15, 0.2) is 64.5 Å². The summed E-state index contributed by atoms with van der Waals surface area (Å²) in [6.07, 6.45) is 0.833. The molecule has 0 N–H and O–H groups in total. The Labute approximate surface area is 199 Å². The van der Waals surface area contributed by atoms with Crippen LogP contribution in [0.4, 0.5) is 0 Å². The van der Waals surface area contributed by atoms with Gasteiger partial charge in [0.1, 0.15) is 10.6 Å². The highest BCUT2D eigenvalue weighted by Gasteiger charge is 2.25. The minimum Gasteiger partial charge on any atom is -0.497 e. The van der Waals surface area contributed by atoms with Gasteiger partial charge in [0.2, 0.25) is 0 Å². The van der Waals surface area contributed by atoms with Crippen molar-refractivity contribution in [3.05, 3.63) is 81.0 Å². The van der Waals surface area contributed by atoms with Gasteiger partial charge in [-0.1, -0.05) is 48.2 Å². The maximum atomic E-state index is 13.9. The third kappa shape index (κ3) is 4.21. The number of likely N-dealkylation sites (N-methyl/N-ethyl adjacent to an activating group) is 1. The van der Waals surface area contributed by atoms with Crippen molar-refractivity contribution in [1.82, 2.24) is 14.5 Å². The summed E-state index contributed by atoms with van der Waals surface area (Å²) in [6.45, 7) is 1.74. The van der Waals surface area contributed by atoms with Crippen LogP contribution in [0.2, 0.25) is 0 Å².